The Morgan fingerprint density at radius 2 is 1.36 bits per heavy atom. The first-order valence-electron chi connectivity index (χ1n) is 15.2. The van der Waals surface area contributed by atoms with Crippen LogP contribution in [0.5, 0.6) is 0 Å². The van der Waals surface area contributed by atoms with Gasteiger partial charge in [0.1, 0.15) is 0 Å². The van der Waals surface area contributed by atoms with Crippen molar-refractivity contribution in [2.45, 2.75) is 12.3 Å². The van der Waals surface area contributed by atoms with Gasteiger partial charge in [0.15, 0.2) is 5.82 Å². The molecule has 4 nitrogen and oxygen atoms in total. The van der Waals surface area contributed by atoms with Gasteiger partial charge in [-0.15, -0.1) is 0 Å². The number of nitrogens with zero attached hydrogens (tertiary/aromatic N) is 4. The molecular weight excluding hydrogens is 548 g/mol. The van der Waals surface area contributed by atoms with Gasteiger partial charge in [-0.25, -0.2) is 9.97 Å². The molecule has 8 rings (SSSR count). The molecule has 4 heteroatoms. The van der Waals surface area contributed by atoms with Crippen LogP contribution in [0.25, 0.3) is 33.9 Å². The van der Waals surface area contributed by atoms with Gasteiger partial charge in [0, 0.05) is 46.0 Å². The molecule has 1 aliphatic carbocycles. The van der Waals surface area contributed by atoms with Crippen LogP contribution >= 0.6 is 0 Å². The highest BCUT2D eigenvalue weighted by Crippen LogP contribution is 2.63. The average Bonchev–Trinajstić information content (AvgIpc) is 3.40. The van der Waals surface area contributed by atoms with Crippen LogP contribution in [0.1, 0.15) is 23.6 Å². The van der Waals surface area contributed by atoms with Crippen LogP contribution in [0.3, 0.4) is 0 Å². The molecule has 1 aliphatic heterocycles. The zero-order valence-corrected chi connectivity index (χ0v) is 24.9. The fraction of sp³-hybridized carbons (Fsp3) is 0.0488. The minimum Gasteiger partial charge on any atom is -0.314 e. The highest BCUT2D eigenvalue weighted by molar-refractivity contribution is 5.95. The first kappa shape index (κ1) is 26.7. The molecule has 45 heavy (non-hydrogen) atoms. The van der Waals surface area contributed by atoms with Gasteiger partial charge in [-0.3, -0.25) is 4.98 Å². The van der Waals surface area contributed by atoms with E-state index in [2.05, 4.69) is 127 Å². The summed E-state index contributed by atoms with van der Waals surface area (Å²) in [5, 5.41) is 0. The van der Waals surface area contributed by atoms with Gasteiger partial charge in [-0.2, -0.15) is 0 Å². The molecule has 0 bridgehead atoms. The summed E-state index contributed by atoms with van der Waals surface area (Å²) in [6.45, 7) is 6.27. The molecular formula is C41H30N4. The zero-order valence-electron chi connectivity index (χ0n) is 24.9. The topological polar surface area (TPSA) is 41.9 Å². The number of anilines is 2. The molecule has 3 heterocycles. The van der Waals surface area contributed by atoms with Gasteiger partial charge < -0.3 is 4.90 Å². The lowest BCUT2D eigenvalue weighted by Gasteiger charge is -2.45. The van der Waals surface area contributed by atoms with Gasteiger partial charge in [0.05, 0.1) is 22.5 Å². The number of aromatic nitrogens is 3. The maximum atomic E-state index is 5.38. The van der Waals surface area contributed by atoms with E-state index in [9.17, 15) is 0 Å². The van der Waals surface area contributed by atoms with Crippen molar-refractivity contribution in [3.05, 3.63) is 186 Å². The molecule has 0 N–H and O–H groups in total. The summed E-state index contributed by atoms with van der Waals surface area (Å²) < 4.78 is 0. The van der Waals surface area contributed by atoms with E-state index in [0.717, 1.165) is 56.3 Å². The van der Waals surface area contributed by atoms with Crippen molar-refractivity contribution in [2.75, 3.05) is 4.90 Å². The Labute approximate surface area is 263 Å². The zero-order chi connectivity index (χ0) is 30.4. The quantitative estimate of drug-likeness (QED) is 0.191. The molecule has 0 fully saturated rings. The summed E-state index contributed by atoms with van der Waals surface area (Å²) in [6, 6.07) is 42.3. The molecule has 1 atom stereocenters. The number of fused-ring (bicyclic) bond motifs is 7. The maximum absolute atomic E-state index is 5.38. The molecule has 0 saturated heterocycles. The highest BCUT2D eigenvalue weighted by atomic mass is 15.2. The number of hydrogen-bond donors (Lipinski definition) is 0. The van der Waals surface area contributed by atoms with Crippen LogP contribution in [-0.4, -0.2) is 15.0 Å². The highest BCUT2D eigenvalue weighted by Gasteiger charge is 2.54. The molecule has 4 aromatic carbocycles. The number of benzene rings is 4. The third-order valence-corrected chi connectivity index (χ3v) is 8.93. The number of pyridine rings is 1. The van der Waals surface area contributed by atoms with Crippen molar-refractivity contribution in [1.82, 2.24) is 15.0 Å². The molecule has 2 aliphatic rings. The summed E-state index contributed by atoms with van der Waals surface area (Å²) in [4.78, 5) is 17.7. The number of para-hydroxylation sites is 2. The Bertz CT molecular complexity index is 2130. The molecule has 1 spiro atoms. The van der Waals surface area contributed by atoms with Crippen LogP contribution in [0, 0.1) is 0 Å². The first-order chi connectivity index (χ1) is 22.2. The lowest BCUT2D eigenvalue weighted by Crippen LogP contribution is -2.38. The van der Waals surface area contributed by atoms with Crippen molar-refractivity contribution in [3.8, 4) is 33.9 Å². The lowest BCUT2D eigenvalue weighted by molar-refractivity contribution is 0.728. The van der Waals surface area contributed by atoms with E-state index in [0.29, 0.717) is 5.82 Å². The standard InChI is InChI=1S/C41H30N4/c1-3-4-22-33-28(2)45(31-19-9-6-10-20-31)36-25-14-13-24-35(36)41(33)34-23-12-11-21-32(34)39-37(41)38(30-18-15-26-42-27-30)43-40(44-39)29-16-7-5-8-17-29/h3-27H,1H2,2H3/b22-4-. The Kier molecular flexibility index (Phi) is 6.35. The Morgan fingerprint density at radius 3 is 2.11 bits per heavy atom. The SMILES string of the molecule is C=C/C=C\C1=C(C)N(c2ccccc2)c2ccccc2C12c1ccccc1-c1nc(-c3ccccc3)nc(-c3cccnc3)c12. The summed E-state index contributed by atoms with van der Waals surface area (Å²) >= 11 is 0. The van der Waals surface area contributed by atoms with Crippen LogP contribution in [0.15, 0.2) is 170 Å². The van der Waals surface area contributed by atoms with Crippen molar-refractivity contribution >= 4 is 11.4 Å². The number of rotatable bonds is 5. The summed E-state index contributed by atoms with van der Waals surface area (Å²) in [7, 11) is 0. The second kappa shape index (κ2) is 10.7. The van der Waals surface area contributed by atoms with Gasteiger partial charge in [0.25, 0.3) is 0 Å². The van der Waals surface area contributed by atoms with Crippen molar-refractivity contribution < 1.29 is 0 Å². The number of allylic oxidation sites excluding steroid dienone is 5. The van der Waals surface area contributed by atoms with Crippen LogP contribution in [0.4, 0.5) is 11.4 Å². The summed E-state index contributed by atoms with van der Waals surface area (Å²) in [5.41, 5.74) is 12.1. The Morgan fingerprint density at radius 1 is 0.689 bits per heavy atom. The fourth-order valence-corrected chi connectivity index (χ4v) is 7.17. The minimum absolute atomic E-state index is 0.693. The predicted octanol–water partition coefficient (Wildman–Crippen LogP) is 9.69. The van der Waals surface area contributed by atoms with E-state index >= 15 is 0 Å². The summed E-state index contributed by atoms with van der Waals surface area (Å²) in [5.74, 6) is 0.693. The molecule has 214 valence electrons. The largest absolute Gasteiger partial charge is 0.314 e. The van der Waals surface area contributed by atoms with Gasteiger partial charge in [-0.05, 0) is 54.0 Å². The normalized spacial score (nSPS) is 16.5. The maximum Gasteiger partial charge on any atom is 0.160 e. The van der Waals surface area contributed by atoms with Gasteiger partial charge >= 0.3 is 0 Å². The van der Waals surface area contributed by atoms with Crippen molar-refractivity contribution in [2.24, 2.45) is 0 Å². The number of hydrogen-bond acceptors (Lipinski definition) is 4. The third kappa shape index (κ3) is 3.96. The van der Waals surface area contributed by atoms with E-state index in [1.165, 1.54) is 11.1 Å². The molecule has 0 amide bonds. The van der Waals surface area contributed by atoms with Crippen LogP contribution in [0.2, 0.25) is 0 Å². The molecule has 0 saturated carbocycles. The van der Waals surface area contributed by atoms with Crippen molar-refractivity contribution in [1.29, 1.82) is 0 Å². The summed E-state index contributed by atoms with van der Waals surface area (Å²) in [6.07, 6.45) is 9.83. The van der Waals surface area contributed by atoms with Crippen molar-refractivity contribution in [3.63, 3.8) is 0 Å². The van der Waals surface area contributed by atoms with E-state index in [1.807, 2.05) is 48.8 Å². The van der Waals surface area contributed by atoms with E-state index in [1.54, 1.807) is 0 Å². The van der Waals surface area contributed by atoms with Crippen LogP contribution in [-0.2, 0) is 5.41 Å². The molecule has 6 aromatic rings. The molecule has 0 radical (unpaired) electrons. The predicted molar refractivity (Wildman–Crippen MR) is 183 cm³/mol. The van der Waals surface area contributed by atoms with E-state index < -0.39 is 5.41 Å². The third-order valence-electron chi connectivity index (χ3n) is 8.93. The van der Waals surface area contributed by atoms with Gasteiger partial charge in [-0.1, -0.05) is 116 Å². The second-order valence-corrected chi connectivity index (χ2v) is 11.3. The second-order valence-electron chi connectivity index (χ2n) is 11.3. The molecule has 2 aromatic heterocycles. The fourth-order valence-electron chi connectivity index (χ4n) is 7.17. The monoisotopic (exact) mass is 578 g/mol. The van der Waals surface area contributed by atoms with Crippen LogP contribution < -0.4 is 4.90 Å². The first-order valence-corrected chi connectivity index (χ1v) is 15.2. The van der Waals surface area contributed by atoms with E-state index in [4.69, 9.17) is 9.97 Å². The smallest absolute Gasteiger partial charge is 0.160 e. The van der Waals surface area contributed by atoms with E-state index in [-0.39, 0.29) is 0 Å². The Hall–Kier alpha value is -5.87. The average molecular weight is 579 g/mol. The lowest BCUT2D eigenvalue weighted by atomic mass is 9.63. The Balaban J connectivity index is 1.57. The molecule has 1 unspecified atom stereocenters. The minimum atomic E-state index is -0.697. The van der Waals surface area contributed by atoms with Gasteiger partial charge in [0.2, 0.25) is 0 Å².